The Bertz CT molecular complexity index is 1250. The molecule has 0 bridgehead atoms. The smallest absolute Gasteiger partial charge is 0.266 e. The molecule has 1 N–H and O–H groups in total. The molecule has 0 aliphatic heterocycles. The Labute approximate surface area is 164 Å². The van der Waals surface area contributed by atoms with E-state index in [-0.39, 0.29) is 35.5 Å². The first-order valence-electron chi connectivity index (χ1n) is 8.99. The summed E-state index contributed by atoms with van der Waals surface area (Å²) in [5.74, 6) is -0.733. The summed E-state index contributed by atoms with van der Waals surface area (Å²) in [6.07, 6.45) is 1.35. The molecule has 29 heavy (non-hydrogen) atoms. The molecule has 0 spiro atoms. The van der Waals surface area contributed by atoms with Crippen LogP contribution in [0.1, 0.15) is 12.0 Å². The van der Waals surface area contributed by atoms with Crippen molar-refractivity contribution in [2.45, 2.75) is 19.9 Å². The maximum Gasteiger partial charge on any atom is 0.266 e. The minimum Gasteiger partial charge on any atom is -0.335 e. The molecule has 0 aliphatic rings. The standard InChI is InChI=1S/C21H17FN4O3/c1-13-7-8-15(11-16(13)22)24-17(27)9-10-26-12-23-20-18(21(26)28)19(25-29-20)14-5-3-2-4-6-14/h2-8,11-12H,9-10H2,1H3,(H,24,27). The van der Waals surface area contributed by atoms with Gasteiger partial charge >= 0.3 is 0 Å². The predicted molar refractivity (Wildman–Crippen MR) is 106 cm³/mol. The zero-order valence-corrected chi connectivity index (χ0v) is 15.6. The molecule has 1 amide bonds. The normalized spacial score (nSPS) is 11.0. The van der Waals surface area contributed by atoms with Crippen LogP contribution in [-0.4, -0.2) is 20.6 Å². The summed E-state index contributed by atoms with van der Waals surface area (Å²) >= 11 is 0. The zero-order valence-electron chi connectivity index (χ0n) is 15.6. The second-order valence-corrected chi connectivity index (χ2v) is 6.58. The highest BCUT2D eigenvalue weighted by molar-refractivity contribution is 5.91. The molecule has 0 fully saturated rings. The third-order valence-electron chi connectivity index (χ3n) is 4.55. The molecule has 146 valence electrons. The predicted octanol–water partition coefficient (Wildman–Crippen LogP) is 3.53. The lowest BCUT2D eigenvalue weighted by atomic mass is 10.1. The quantitative estimate of drug-likeness (QED) is 0.561. The number of fused-ring (bicyclic) bond motifs is 1. The maximum atomic E-state index is 13.6. The molecule has 4 rings (SSSR count). The highest BCUT2D eigenvalue weighted by Gasteiger charge is 2.17. The van der Waals surface area contributed by atoms with Gasteiger partial charge in [0.1, 0.15) is 23.2 Å². The molecule has 0 aliphatic carbocycles. The number of aryl methyl sites for hydroxylation is 2. The largest absolute Gasteiger partial charge is 0.335 e. The van der Waals surface area contributed by atoms with Crippen molar-refractivity contribution in [3.63, 3.8) is 0 Å². The Kier molecular flexibility index (Phi) is 4.90. The summed E-state index contributed by atoms with van der Waals surface area (Å²) in [6.45, 7) is 1.76. The Hall–Kier alpha value is -3.81. The number of carbonyl (C=O) groups excluding carboxylic acids is 1. The number of anilines is 1. The van der Waals surface area contributed by atoms with Crippen LogP contribution in [0.4, 0.5) is 10.1 Å². The summed E-state index contributed by atoms with van der Waals surface area (Å²) in [5.41, 5.74) is 1.81. The van der Waals surface area contributed by atoms with Crippen molar-refractivity contribution in [1.82, 2.24) is 14.7 Å². The fourth-order valence-electron chi connectivity index (χ4n) is 2.95. The first kappa shape index (κ1) is 18.5. The number of hydrogen-bond donors (Lipinski definition) is 1. The van der Waals surface area contributed by atoms with Gasteiger partial charge in [-0.1, -0.05) is 41.6 Å². The first-order valence-corrected chi connectivity index (χ1v) is 8.99. The van der Waals surface area contributed by atoms with E-state index < -0.39 is 5.82 Å². The van der Waals surface area contributed by atoms with E-state index in [1.54, 1.807) is 19.1 Å². The van der Waals surface area contributed by atoms with Crippen LogP contribution in [0.5, 0.6) is 0 Å². The van der Waals surface area contributed by atoms with Crippen molar-refractivity contribution in [3.8, 4) is 11.3 Å². The van der Waals surface area contributed by atoms with Gasteiger partial charge in [-0.25, -0.2) is 9.37 Å². The molecule has 8 heteroatoms. The zero-order chi connectivity index (χ0) is 20.4. The Morgan fingerprint density at radius 2 is 2.00 bits per heavy atom. The number of nitrogens with one attached hydrogen (secondary N) is 1. The van der Waals surface area contributed by atoms with Gasteiger partial charge in [-0.15, -0.1) is 0 Å². The van der Waals surface area contributed by atoms with Crippen LogP contribution in [-0.2, 0) is 11.3 Å². The monoisotopic (exact) mass is 392 g/mol. The fourth-order valence-corrected chi connectivity index (χ4v) is 2.95. The molecule has 0 saturated carbocycles. The second kappa shape index (κ2) is 7.67. The molecule has 0 unspecified atom stereocenters. The van der Waals surface area contributed by atoms with E-state index in [0.717, 1.165) is 5.56 Å². The van der Waals surface area contributed by atoms with Crippen molar-refractivity contribution >= 4 is 22.7 Å². The average molecular weight is 392 g/mol. The SMILES string of the molecule is Cc1ccc(NC(=O)CCn2cnc3onc(-c4ccccc4)c3c2=O)cc1F. The maximum absolute atomic E-state index is 13.6. The van der Waals surface area contributed by atoms with Gasteiger partial charge in [-0.2, -0.15) is 0 Å². The van der Waals surface area contributed by atoms with Crippen molar-refractivity contribution in [2.75, 3.05) is 5.32 Å². The lowest BCUT2D eigenvalue weighted by Crippen LogP contribution is -2.23. The molecule has 7 nitrogen and oxygen atoms in total. The van der Waals surface area contributed by atoms with Crippen LogP contribution in [0.15, 0.2) is 64.2 Å². The minimum atomic E-state index is -0.394. The van der Waals surface area contributed by atoms with Gasteiger partial charge in [0.25, 0.3) is 11.3 Å². The molecule has 0 atom stereocenters. The highest BCUT2D eigenvalue weighted by atomic mass is 19.1. The van der Waals surface area contributed by atoms with E-state index in [1.165, 1.54) is 17.0 Å². The molecule has 0 saturated heterocycles. The van der Waals surface area contributed by atoms with Crippen LogP contribution in [0.2, 0.25) is 0 Å². The molecule has 2 heterocycles. The number of rotatable bonds is 5. The van der Waals surface area contributed by atoms with E-state index in [0.29, 0.717) is 16.9 Å². The minimum absolute atomic E-state index is 0.0224. The lowest BCUT2D eigenvalue weighted by molar-refractivity contribution is -0.116. The fraction of sp³-hybridized carbons (Fsp3) is 0.143. The number of halogens is 1. The van der Waals surface area contributed by atoms with Gasteiger partial charge in [0.05, 0.1) is 0 Å². The van der Waals surface area contributed by atoms with Crippen molar-refractivity contribution in [2.24, 2.45) is 0 Å². The Balaban J connectivity index is 1.54. The molecular formula is C21H17FN4O3. The molecule has 2 aromatic heterocycles. The van der Waals surface area contributed by atoms with Gasteiger partial charge in [-0.3, -0.25) is 14.2 Å². The van der Waals surface area contributed by atoms with E-state index in [4.69, 9.17) is 4.52 Å². The van der Waals surface area contributed by atoms with Crippen molar-refractivity contribution in [3.05, 3.63) is 76.6 Å². The van der Waals surface area contributed by atoms with Gasteiger partial charge < -0.3 is 9.84 Å². The highest BCUT2D eigenvalue weighted by Crippen LogP contribution is 2.23. The second-order valence-electron chi connectivity index (χ2n) is 6.58. The molecule has 0 radical (unpaired) electrons. The van der Waals surface area contributed by atoms with E-state index in [1.807, 2.05) is 30.3 Å². The number of nitrogens with zero attached hydrogens (tertiary/aromatic N) is 3. The van der Waals surface area contributed by atoms with Crippen LogP contribution in [0.25, 0.3) is 22.4 Å². The summed E-state index contributed by atoms with van der Waals surface area (Å²) < 4.78 is 20.1. The Morgan fingerprint density at radius 1 is 1.21 bits per heavy atom. The number of hydrogen-bond acceptors (Lipinski definition) is 5. The molecule has 4 aromatic rings. The van der Waals surface area contributed by atoms with E-state index in [9.17, 15) is 14.0 Å². The Morgan fingerprint density at radius 3 is 2.76 bits per heavy atom. The summed E-state index contributed by atoms with van der Waals surface area (Å²) in [4.78, 5) is 29.2. The van der Waals surface area contributed by atoms with Gasteiger partial charge in [-0.05, 0) is 24.6 Å². The average Bonchev–Trinajstić information content (AvgIpc) is 3.16. The van der Waals surface area contributed by atoms with Crippen molar-refractivity contribution in [1.29, 1.82) is 0 Å². The third-order valence-corrected chi connectivity index (χ3v) is 4.55. The van der Waals surface area contributed by atoms with Gasteiger partial charge in [0.15, 0.2) is 0 Å². The van der Waals surface area contributed by atoms with Crippen LogP contribution in [0, 0.1) is 12.7 Å². The van der Waals surface area contributed by atoms with Crippen molar-refractivity contribution < 1.29 is 13.7 Å². The number of benzene rings is 2. The summed E-state index contributed by atoms with van der Waals surface area (Å²) in [7, 11) is 0. The van der Waals surface area contributed by atoms with Gasteiger partial charge in [0, 0.05) is 24.2 Å². The molecule has 2 aromatic carbocycles. The van der Waals surface area contributed by atoms with E-state index in [2.05, 4.69) is 15.5 Å². The molecular weight excluding hydrogens is 375 g/mol. The summed E-state index contributed by atoms with van der Waals surface area (Å²) in [6, 6.07) is 13.7. The number of amides is 1. The first-order chi connectivity index (χ1) is 14.0. The van der Waals surface area contributed by atoms with Crippen LogP contribution >= 0.6 is 0 Å². The number of carbonyl (C=O) groups is 1. The topological polar surface area (TPSA) is 90.0 Å². The van der Waals surface area contributed by atoms with E-state index >= 15 is 0 Å². The third kappa shape index (κ3) is 3.77. The summed E-state index contributed by atoms with van der Waals surface area (Å²) in [5, 5.41) is 6.86. The lowest BCUT2D eigenvalue weighted by Gasteiger charge is -2.08. The van der Waals surface area contributed by atoms with Crippen LogP contribution in [0.3, 0.4) is 0 Å². The van der Waals surface area contributed by atoms with Gasteiger partial charge in [0.2, 0.25) is 5.91 Å². The number of aromatic nitrogens is 3. The van der Waals surface area contributed by atoms with Crippen LogP contribution < -0.4 is 10.9 Å².